The van der Waals surface area contributed by atoms with E-state index in [2.05, 4.69) is 10.2 Å². The molecule has 1 unspecified atom stereocenters. The van der Waals surface area contributed by atoms with Gasteiger partial charge in [-0.25, -0.2) is 9.97 Å². The van der Waals surface area contributed by atoms with E-state index in [0.29, 0.717) is 23.2 Å². The predicted molar refractivity (Wildman–Crippen MR) is 107 cm³/mol. The maximum absolute atomic E-state index is 6.22. The first kappa shape index (κ1) is 17.1. The second-order valence-electron chi connectivity index (χ2n) is 7.39. The summed E-state index contributed by atoms with van der Waals surface area (Å²) in [7, 11) is 2.04. The molecule has 5 N–H and O–H groups in total. The topological polar surface area (TPSA) is 93.1 Å². The van der Waals surface area contributed by atoms with E-state index in [-0.39, 0.29) is 0 Å². The Bertz CT molecular complexity index is 783. The highest BCUT2D eigenvalue weighted by Crippen LogP contribution is 2.35. The van der Waals surface area contributed by atoms with Crippen molar-refractivity contribution in [1.82, 2.24) is 15.3 Å². The second-order valence-corrected chi connectivity index (χ2v) is 7.39. The zero-order valence-electron chi connectivity index (χ0n) is 15.5. The molecule has 0 bridgehead atoms. The van der Waals surface area contributed by atoms with E-state index in [4.69, 9.17) is 21.4 Å². The second kappa shape index (κ2) is 7.11. The highest BCUT2D eigenvalue weighted by atomic mass is 15.2. The van der Waals surface area contributed by atoms with E-state index in [1.807, 2.05) is 25.2 Å². The van der Waals surface area contributed by atoms with Crippen molar-refractivity contribution in [1.29, 1.82) is 0 Å². The standard InChI is InChI=1S/C20H28N6/c1-23-13-6-5-11-26(12-13)20-14-7-2-3-10-17(14)24-19(25-20)18-15(21)8-4-9-16(18)22/h4,8-9,13,23H,2-3,5-7,10-12,21-22H2,1H3. The fraction of sp³-hybridized carbons (Fsp3) is 0.500. The van der Waals surface area contributed by atoms with Gasteiger partial charge in [-0.2, -0.15) is 0 Å². The largest absolute Gasteiger partial charge is 0.398 e. The Hall–Kier alpha value is -2.34. The number of aromatic nitrogens is 2. The lowest BCUT2D eigenvalue weighted by atomic mass is 9.94. The number of hydrogen-bond donors (Lipinski definition) is 3. The van der Waals surface area contributed by atoms with Gasteiger partial charge in [-0.15, -0.1) is 0 Å². The highest BCUT2D eigenvalue weighted by Gasteiger charge is 2.26. The van der Waals surface area contributed by atoms with Crippen molar-refractivity contribution in [3.8, 4) is 11.4 Å². The van der Waals surface area contributed by atoms with Crippen molar-refractivity contribution >= 4 is 17.2 Å². The Morgan fingerprint density at radius 2 is 1.85 bits per heavy atom. The van der Waals surface area contributed by atoms with Gasteiger partial charge in [-0.05, 0) is 57.7 Å². The summed E-state index contributed by atoms with van der Waals surface area (Å²) >= 11 is 0. The summed E-state index contributed by atoms with van der Waals surface area (Å²) in [5.74, 6) is 1.76. The number of aryl methyl sites for hydroxylation is 1. The minimum absolute atomic E-state index is 0.508. The van der Waals surface area contributed by atoms with Gasteiger partial charge in [-0.1, -0.05) is 6.07 Å². The average molecular weight is 352 g/mol. The molecular weight excluding hydrogens is 324 g/mol. The van der Waals surface area contributed by atoms with Crippen LogP contribution >= 0.6 is 0 Å². The van der Waals surface area contributed by atoms with Crippen LogP contribution < -0.4 is 21.7 Å². The van der Waals surface area contributed by atoms with Gasteiger partial charge in [0, 0.05) is 41.8 Å². The number of piperidine rings is 1. The minimum Gasteiger partial charge on any atom is -0.398 e. The Balaban J connectivity index is 1.82. The molecule has 1 aliphatic carbocycles. The molecule has 26 heavy (non-hydrogen) atoms. The van der Waals surface area contributed by atoms with E-state index >= 15 is 0 Å². The molecule has 4 rings (SSSR count). The van der Waals surface area contributed by atoms with Crippen LogP contribution in [0.2, 0.25) is 0 Å². The SMILES string of the molecule is CNC1CCCN(c2nc(-c3c(N)cccc3N)nc3c2CCCC3)C1. The fourth-order valence-electron chi connectivity index (χ4n) is 4.20. The number of likely N-dealkylation sites (N-methyl/N-ethyl adjacent to an activating group) is 1. The van der Waals surface area contributed by atoms with Crippen LogP contribution in [-0.2, 0) is 12.8 Å². The lowest BCUT2D eigenvalue weighted by Gasteiger charge is -2.35. The zero-order chi connectivity index (χ0) is 18.1. The summed E-state index contributed by atoms with van der Waals surface area (Å²) in [6.45, 7) is 2.03. The van der Waals surface area contributed by atoms with E-state index in [1.165, 1.54) is 36.9 Å². The van der Waals surface area contributed by atoms with Gasteiger partial charge < -0.3 is 21.7 Å². The molecular formula is C20H28N6. The maximum atomic E-state index is 6.22. The molecule has 2 heterocycles. The third-order valence-electron chi connectivity index (χ3n) is 5.64. The molecule has 0 amide bonds. The third kappa shape index (κ3) is 3.09. The van der Waals surface area contributed by atoms with Crippen LogP contribution in [0.1, 0.15) is 36.9 Å². The summed E-state index contributed by atoms with van der Waals surface area (Å²) in [5, 5.41) is 3.42. The molecule has 2 aromatic rings. The number of hydrogen-bond acceptors (Lipinski definition) is 6. The van der Waals surface area contributed by atoms with Crippen LogP contribution in [0.4, 0.5) is 17.2 Å². The van der Waals surface area contributed by atoms with E-state index in [0.717, 1.165) is 37.3 Å². The molecule has 1 aromatic heterocycles. The molecule has 6 nitrogen and oxygen atoms in total. The third-order valence-corrected chi connectivity index (χ3v) is 5.64. The molecule has 0 spiro atoms. The lowest BCUT2D eigenvalue weighted by molar-refractivity contribution is 0.446. The Morgan fingerprint density at radius 3 is 2.62 bits per heavy atom. The zero-order valence-corrected chi connectivity index (χ0v) is 15.5. The van der Waals surface area contributed by atoms with Crippen molar-refractivity contribution in [2.24, 2.45) is 0 Å². The van der Waals surface area contributed by atoms with Gasteiger partial charge in [0.05, 0.1) is 5.56 Å². The van der Waals surface area contributed by atoms with Crippen LogP contribution in [0.15, 0.2) is 18.2 Å². The normalized spacial score (nSPS) is 20.0. The van der Waals surface area contributed by atoms with Crippen molar-refractivity contribution in [3.63, 3.8) is 0 Å². The Labute approximate surface area is 155 Å². The number of fused-ring (bicyclic) bond motifs is 1. The maximum Gasteiger partial charge on any atom is 0.165 e. The molecule has 1 aromatic carbocycles. The highest BCUT2D eigenvalue weighted by molar-refractivity contribution is 5.83. The van der Waals surface area contributed by atoms with E-state index in [9.17, 15) is 0 Å². The quantitative estimate of drug-likeness (QED) is 0.735. The van der Waals surface area contributed by atoms with Crippen LogP contribution in [0.25, 0.3) is 11.4 Å². The molecule has 1 atom stereocenters. The van der Waals surface area contributed by atoms with Gasteiger partial charge in [0.15, 0.2) is 5.82 Å². The first-order valence-corrected chi connectivity index (χ1v) is 9.63. The first-order chi connectivity index (χ1) is 12.7. The molecule has 1 aliphatic heterocycles. The van der Waals surface area contributed by atoms with Crippen molar-refractivity contribution in [2.75, 3.05) is 36.5 Å². The van der Waals surface area contributed by atoms with Gasteiger partial charge >= 0.3 is 0 Å². The summed E-state index contributed by atoms with van der Waals surface area (Å²) in [6.07, 6.45) is 6.85. The first-order valence-electron chi connectivity index (χ1n) is 9.63. The number of rotatable bonds is 3. The van der Waals surface area contributed by atoms with E-state index in [1.54, 1.807) is 0 Å². The van der Waals surface area contributed by atoms with Crippen molar-refractivity contribution in [3.05, 3.63) is 29.5 Å². The molecule has 1 saturated heterocycles. The number of nitrogens with two attached hydrogens (primary N) is 2. The molecule has 2 aliphatic rings. The van der Waals surface area contributed by atoms with Gasteiger partial charge in [-0.3, -0.25) is 0 Å². The number of nitrogens with zero attached hydrogens (tertiary/aromatic N) is 3. The number of benzene rings is 1. The Kier molecular flexibility index (Phi) is 4.68. The van der Waals surface area contributed by atoms with Crippen molar-refractivity contribution in [2.45, 2.75) is 44.6 Å². The molecule has 138 valence electrons. The van der Waals surface area contributed by atoms with Gasteiger partial charge in [0.1, 0.15) is 5.82 Å². The number of nitrogen functional groups attached to an aromatic ring is 2. The van der Waals surface area contributed by atoms with E-state index < -0.39 is 0 Å². The summed E-state index contributed by atoms with van der Waals surface area (Å²) in [6, 6.07) is 6.11. The van der Waals surface area contributed by atoms with Crippen LogP contribution in [0.3, 0.4) is 0 Å². The molecule has 1 fully saturated rings. The Morgan fingerprint density at radius 1 is 1.08 bits per heavy atom. The van der Waals surface area contributed by atoms with Crippen molar-refractivity contribution < 1.29 is 0 Å². The monoisotopic (exact) mass is 352 g/mol. The fourth-order valence-corrected chi connectivity index (χ4v) is 4.20. The predicted octanol–water partition coefficient (Wildman–Crippen LogP) is 2.38. The number of nitrogens with one attached hydrogen (secondary N) is 1. The average Bonchev–Trinajstić information content (AvgIpc) is 2.67. The molecule has 0 radical (unpaired) electrons. The van der Waals surface area contributed by atoms with Gasteiger partial charge in [0.25, 0.3) is 0 Å². The molecule has 6 heteroatoms. The van der Waals surface area contributed by atoms with Crippen LogP contribution in [-0.4, -0.2) is 36.1 Å². The van der Waals surface area contributed by atoms with Gasteiger partial charge in [0.2, 0.25) is 0 Å². The van der Waals surface area contributed by atoms with Crippen LogP contribution in [0, 0.1) is 0 Å². The van der Waals surface area contributed by atoms with Crippen LogP contribution in [0.5, 0.6) is 0 Å². The lowest BCUT2D eigenvalue weighted by Crippen LogP contribution is -2.45. The smallest absolute Gasteiger partial charge is 0.165 e. The summed E-state index contributed by atoms with van der Waals surface area (Å²) < 4.78 is 0. The molecule has 0 saturated carbocycles. The minimum atomic E-state index is 0.508. The number of anilines is 3. The summed E-state index contributed by atoms with van der Waals surface area (Å²) in [4.78, 5) is 12.3. The summed E-state index contributed by atoms with van der Waals surface area (Å²) in [5.41, 5.74) is 17.0.